The Morgan fingerprint density at radius 2 is 1.65 bits per heavy atom. The molecule has 0 amide bonds. The molecule has 0 aliphatic rings. The van der Waals surface area contributed by atoms with Crippen LogP contribution in [0.25, 0.3) is 11.1 Å². The number of ether oxygens (including phenoxy) is 1. The molecule has 2 heterocycles. The number of nitrogens with zero attached hydrogens (tertiary/aromatic N) is 3. The summed E-state index contributed by atoms with van der Waals surface area (Å²) in [5.74, 6) is -0.278. The highest BCUT2D eigenvalue weighted by Gasteiger charge is 2.46. The zero-order valence-electron chi connectivity index (χ0n) is 17.9. The molecule has 3 aromatic rings. The van der Waals surface area contributed by atoms with Gasteiger partial charge in [0.1, 0.15) is 17.7 Å². The van der Waals surface area contributed by atoms with E-state index in [1.165, 1.54) is 18.5 Å². The highest BCUT2D eigenvalue weighted by Crippen LogP contribution is 2.44. The van der Waals surface area contributed by atoms with Crippen LogP contribution in [-0.4, -0.2) is 26.4 Å². The summed E-state index contributed by atoms with van der Waals surface area (Å²) in [6.45, 7) is 9.20. The molecular weight excluding hydrogens is 407 g/mol. The van der Waals surface area contributed by atoms with E-state index in [1.807, 2.05) is 20.8 Å². The van der Waals surface area contributed by atoms with E-state index in [0.29, 0.717) is 33.6 Å². The summed E-state index contributed by atoms with van der Waals surface area (Å²) < 4.78 is 41.3. The van der Waals surface area contributed by atoms with Crippen LogP contribution in [0.3, 0.4) is 0 Å². The van der Waals surface area contributed by atoms with Gasteiger partial charge in [0.25, 0.3) is 0 Å². The van der Waals surface area contributed by atoms with Gasteiger partial charge in [-0.2, -0.15) is 0 Å². The maximum atomic E-state index is 12.5. The van der Waals surface area contributed by atoms with E-state index in [4.69, 9.17) is 0 Å². The zero-order valence-corrected chi connectivity index (χ0v) is 17.9. The number of halogens is 3. The van der Waals surface area contributed by atoms with Crippen molar-refractivity contribution < 1.29 is 23.0 Å². The third-order valence-electron chi connectivity index (χ3n) is 5.26. The maximum absolute atomic E-state index is 12.5. The second-order valence-electron chi connectivity index (χ2n) is 8.44. The molecule has 0 radical (unpaired) electrons. The van der Waals surface area contributed by atoms with Gasteiger partial charge >= 0.3 is 6.36 Å². The molecule has 0 saturated heterocycles. The van der Waals surface area contributed by atoms with Crippen LogP contribution in [0.15, 0.2) is 49.1 Å². The number of pyridine rings is 1. The SMILES string of the molecule is Cc1cc(OC(F)(F)F)ccc1-c1ccc(C(O)(c2cncnc2C)C(C)(C)C)nc1. The molecule has 1 aromatic carbocycles. The fourth-order valence-corrected chi connectivity index (χ4v) is 3.60. The zero-order chi connectivity index (χ0) is 23.0. The summed E-state index contributed by atoms with van der Waals surface area (Å²) in [5.41, 5.74) is 1.59. The number of hydrogen-bond acceptors (Lipinski definition) is 5. The lowest BCUT2D eigenvalue weighted by Crippen LogP contribution is -2.42. The van der Waals surface area contributed by atoms with Gasteiger partial charge in [-0.1, -0.05) is 32.9 Å². The predicted molar refractivity (Wildman–Crippen MR) is 110 cm³/mol. The summed E-state index contributed by atoms with van der Waals surface area (Å²) in [7, 11) is 0. The van der Waals surface area contributed by atoms with E-state index in [9.17, 15) is 18.3 Å². The Balaban J connectivity index is 2.01. The molecule has 0 spiro atoms. The third kappa shape index (κ3) is 4.54. The molecule has 0 fully saturated rings. The van der Waals surface area contributed by atoms with Crippen LogP contribution in [0.1, 0.15) is 43.3 Å². The van der Waals surface area contributed by atoms with E-state index >= 15 is 0 Å². The lowest BCUT2D eigenvalue weighted by Gasteiger charge is -2.40. The van der Waals surface area contributed by atoms with Gasteiger partial charge in [0.2, 0.25) is 0 Å². The minimum atomic E-state index is -4.74. The Morgan fingerprint density at radius 3 is 2.16 bits per heavy atom. The minimum absolute atomic E-state index is 0.278. The Hall–Kier alpha value is -3.00. The van der Waals surface area contributed by atoms with E-state index in [1.54, 1.807) is 44.4 Å². The van der Waals surface area contributed by atoms with Gasteiger partial charge in [0.15, 0.2) is 0 Å². The van der Waals surface area contributed by atoms with Crippen molar-refractivity contribution in [2.45, 2.75) is 46.6 Å². The van der Waals surface area contributed by atoms with Gasteiger partial charge in [-0.25, -0.2) is 9.97 Å². The number of rotatable bonds is 4. The minimum Gasteiger partial charge on any atom is -0.406 e. The number of aromatic nitrogens is 3. The molecule has 0 bridgehead atoms. The van der Waals surface area contributed by atoms with E-state index in [-0.39, 0.29) is 5.75 Å². The number of alkyl halides is 3. The van der Waals surface area contributed by atoms with Crippen molar-refractivity contribution in [3.05, 3.63) is 71.6 Å². The topological polar surface area (TPSA) is 68.1 Å². The van der Waals surface area contributed by atoms with Crippen LogP contribution >= 0.6 is 0 Å². The monoisotopic (exact) mass is 431 g/mol. The molecule has 0 saturated carbocycles. The second kappa shape index (κ2) is 7.92. The average molecular weight is 431 g/mol. The lowest BCUT2D eigenvalue weighted by atomic mass is 9.70. The van der Waals surface area contributed by atoms with Crippen molar-refractivity contribution in [3.63, 3.8) is 0 Å². The Morgan fingerprint density at radius 1 is 0.935 bits per heavy atom. The number of aryl methyl sites for hydroxylation is 2. The van der Waals surface area contributed by atoms with Crippen LogP contribution in [0, 0.1) is 19.3 Å². The first-order chi connectivity index (χ1) is 14.3. The number of benzene rings is 1. The molecule has 164 valence electrons. The first-order valence-corrected chi connectivity index (χ1v) is 9.65. The van der Waals surface area contributed by atoms with Gasteiger partial charge in [0.05, 0.1) is 5.69 Å². The van der Waals surface area contributed by atoms with Crippen molar-refractivity contribution in [3.8, 4) is 16.9 Å². The van der Waals surface area contributed by atoms with Crippen molar-refractivity contribution in [1.82, 2.24) is 15.0 Å². The van der Waals surface area contributed by atoms with E-state index < -0.39 is 17.4 Å². The van der Waals surface area contributed by atoms with Gasteiger partial charge in [-0.15, -0.1) is 13.2 Å². The van der Waals surface area contributed by atoms with Crippen molar-refractivity contribution in [2.75, 3.05) is 0 Å². The Labute approximate surface area is 179 Å². The van der Waals surface area contributed by atoms with Crippen LogP contribution < -0.4 is 4.74 Å². The molecule has 5 nitrogen and oxygen atoms in total. The molecule has 1 N–H and O–H groups in total. The molecule has 0 aliphatic carbocycles. The fourth-order valence-electron chi connectivity index (χ4n) is 3.60. The highest BCUT2D eigenvalue weighted by atomic mass is 19.4. The molecule has 1 unspecified atom stereocenters. The molecule has 31 heavy (non-hydrogen) atoms. The van der Waals surface area contributed by atoms with Crippen molar-refractivity contribution in [1.29, 1.82) is 0 Å². The fraction of sp³-hybridized carbons (Fsp3) is 0.348. The van der Waals surface area contributed by atoms with Crippen LogP contribution in [0.4, 0.5) is 13.2 Å². The normalized spacial score (nSPS) is 14.2. The molecule has 8 heteroatoms. The highest BCUT2D eigenvalue weighted by molar-refractivity contribution is 5.67. The maximum Gasteiger partial charge on any atom is 0.573 e. The number of aliphatic hydroxyl groups is 1. The molecular formula is C23H24F3N3O2. The first-order valence-electron chi connectivity index (χ1n) is 9.65. The van der Waals surface area contributed by atoms with Crippen molar-refractivity contribution >= 4 is 0 Å². The van der Waals surface area contributed by atoms with Crippen LogP contribution in [0.2, 0.25) is 0 Å². The van der Waals surface area contributed by atoms with Crippen molar-refractivity contribution in [2.24, 2.45) is 5.41 Å². The third-order valence-corrected chi connectivity index (χ3v) is 5.26. The molecule has 1 atom stereocenters. The van der Waals surface area contributed by atoms with Gasteiger partial charge in [0, 0.05) is 34.6 Å². The average Bonchev–Trinajstić information content (AvgIpc) is 2.66. The lowest BCUT2D eigenvalue weighted by molar-refractivity contribution is -0.274. The van der Waals surface area contributed by atoms with Crippen LogP contribution in [0.5, 0.6) is 5.75 Å². The summed E-state index contributed by atoms with van der Waals surface area (Å²) in [5, 5.41) is 11.8. The second-order valence-corrected chi connectivity index (χ2v) is 8.44. The van der Waals surface area contributed by atoms with E-state index in [2.05, 4.69) is 19.7 Å². The van der Waals surface area contributed by atoms with Gasteiger partial charge in [-0.05, 0) is 43.2 Å². The summed E-state index contributed by atoms with van der Waals surface area (Å²) in [6.07, 6.45) is -0.133. The standard InChI is InChI=1S/C23H24F3N3O2/c1-14-10-17(31-23(24,25)26)7-8-18(14)16-6-9-20(28-11-16)22(30,21(3,4)5)19-12-27-13-29-15(19)2/h6-13,30H,1-5H3. The predicted octanol–water partition coefficient (Wildman–Crippen LogP) is 5.34. The summed E-state index contributed by atoms with van der Waals surface area (Å²) >= 11 is 0. The Bertz CT molecular complexity index is 1080. The number of hydrogen-bond donors (Lipinski definition) is 1. The summed E-state index contributed by atoms with van der Waals surface area (Å²) in [4.78, 5) is 12.8. The van der Waals surface area contributed by atoms with E-state index in [0.717, 1.165) is 0 Å². The van der Waals surface area contributed by atoms with Gasteiger partial charge in [-0.3, -0.25) is 4.98 Å². The first kappa shape index (κ1) is 22.7. The molecule has 2 aromatic heterocycles. The molecule has 0 aliphatic heterocycles. The molecule has 3 rings (SSSR count). The Kier molecular flexibility index (Phi) is 5.80. The largest absolute Gasteiger partial charge is 0.573 e. The van der Waals surface area contributed by atoms with Crippen LogP contribution in [-0.2, 0) is 5.60 Å². The quantitative estimate of drug-likeness (QED) is 0.604. The smallest absolute Gasteiger partial charge is 0.406 e. The van der Waals surface area contributed by atoms with Gasteiger partial charge < -0.3 is 9.84 Å². The summed E-state index contributed by atoms with van der Waals surface area (Å²) in [6, 6.07) is 7.64.